The predicted molar refractivity (Wildman–Crippen MR) is 78.8 cm³/mol. The minimum atomic E-state index is 0.384. The van der Waals surface area contributed by atoms with Gasteiger partial charge < -0.3 is 10.1 Å². The Bertz CT molecular complexity index is 538. The molecule has 4 heteroatoms. The third-order valence-corrected chi connectivity index (χ3v) is 3.93. The van der Waals surface area contributed by atoms with Gasteiger partial charge in [-0.25, -0.2) is 4.68 Å². The van der Waals surface area contributed by atoms with Crippen molar-refractivity contribution in [3.8, 4) is 5.69 Å². The van der Waals surface area contributed by atoms with Gasteiger partial charge in [-0.1, -0.05) is 18.2 Å². The summed E-state index contributed by atoms with van der Waals surface area (Å²) in [5.41, 5.74) is 2.30. The van der Waals surface area contributed by atoms with Crippen molar-refractivity contribution in [3.05, 3.63) is 48.3 Å². The average molecular weight is 271 g/mol. The van der Waals surface area contributed by atoms with Crippen LogP contribution < -0.4 is 5.32 Å². The van der Waals surface area contributed by atoms with E-state index in [1.54, 1.807) is 0 Å². The number of nitrogens with one attached hydrogen (secondary N) is 1. The zero-order valence-corrected chi connectivity index (χ0v) is 11.8. The third kappa shape index (κ3) is 3.08. The number of rotatable bonds is 5. The summed E-state index contributed by atoms with van der Waals surface area (Å²) in [5.74, 6) is 0.638. The molecule has 1 aromatic carbocycles. The molecule has 3 rings (SSSR count). The van der Waals surface area contributed by atoms with Gasteiger partial charge in [0.15, 0.2) is 0 Å². The van der Waals surface area contributed by atoms with Gasteiger partial charge >= 0.3 is 0 Å². The van der Waals surface area contributed by atoms with Crippen LogP contribution in [0, 0.1) is 5.92 Å². The highest BCUT2D eigenvalue weighted by Gasteiger charge is 2.23. The highest BCUT2D eigenvalue weighted by Crippen LogP contribution is 2.19. The van der Waals surface area contributed by atoms with Crippen molar-refractivity contribution in [2.75, 3.05) is 13.2 Å². The van der Waals surface area contributed by atoms with Gasteiger partial charge in [-0.3, -0.25) is 0 Å². The monoisotopic (exact) mass is 271 g/mol. The molecule has 106 valence electrons. The van der Waals surface area contributed by atoms with Crippen molar-refractivity contribution in [1.82, 2.24) is 15.1 Å². The quantitative estimate of drug-likeness (QED) is 0.907. The first-order chi connectivity index (χ1) is 9.83. The predicted octanol–water partition coefficient (Wildman–Crippen LogP) is 2.39. The topological polar surface area (TPSA) is 39.1 Å². The fourth-order valence-corrected chi connectivity index (χ4v) is 2.62. The maximum atomic E-state index is 5.57. The van der Waals surface area contributed by atoms with Crippen molar-refractivity contribution in [2.45, 2.75) is 26.0 Å². The lowest BCUT2D eigenvalue weighted by molar-refractivity contribution is 0.105. The van der Waals surface area contributed by atoms with Crippen LogP contribution in [0.5, 0.6) is 0 Å². The number of ether oxygens (including phenoxy) is 1. The zero-order chi connectivity index (χ0) is 13.8. The summed E-state index contributed by atoms with van der Waals surface area (Å²) >= 11 is 0. The van der Waals surface area contributed by atoms with E-state index in [1.807, 2.05) is 29.1 Å². The minimum Gasteiger partial charge on any atom is -0.378 e. The van der Waals surface area contributed by atoms with Crippen LogP contribution in [0.4, 0.5) is 0 Å². The van der Waals surface area contributed by atoms with E-state index in [1.165, 1.54) is 5.56 Å². The van der Waals surface area contributed by atoms with E-state index in [0.717, 1.165) is 31.8 Å². The third-order valence-electron chi connectivity index (χ3n) is 3.93. The molecule has 1 aliphatic heterocycles. The van der Waals surface area contributed by atoms with Gasteiger partial charge in [-0.05, 0) is 31.4 Å². The van der Waals surface area contributed by atoms with Gasteiger partial charge in [-0.2, -0.15) is 5.10 Å². The average Bonchev–Trinajstić information content (AvgIpc) is 3.10. The highest BCUT2D eigenvalue weighted by atomic mass is 16.5. The Labute approximate surface area is 119 Å². The molecule has 4 nitrogen and oxygen atoms in total. The highest BCUT2D eigenvalue weighted by molar-refractivity contribution is 5.30. The molecular formula is C16H21N3O. The van der Waals surface area contributed by atoms with Crippen molar-refractivity contribution >= 4 is 0 Å². The van der Waals surface area contributed by atoms with Crippen LogP contribution in [0.2, 0.25) is 0 Å². The smallest absolute Gasteiger partial charge is 0.0645 e. The second-order valence-corrected chi connectivity index (χ2v) is 5.38. The van der Waals surface area contributed by atoms with Crippen LogP contribution in [0.15, 0.2) is 42.7 Å². The summed E-state index contributed by atoms with van der Waals surface area (Å²) in [5, 5.41) is 7.91. The summed E-state index contributed by atoms with van der Waals surface area (Å²) in [4.78, 5) is 0. The molecule has 2 unspecified atom stereocenters. The number of hydrogen-bond acceptors (Lipinski definition) is 3. The molecule has 1 aliphatic rings. The molecule has 0 bridgehead atoms. The lowest BCUT2D eigenvalue weighted by Crippen LogP contribution is -2.26. The first-order valence-corrected chi connectivity index (χ1v) is 7.24. The Balaban J connectivity index is 1.53. The van der Waals surface area contributed by atoms with Crippen LogP contribution in [-0.2, 0) is 11.3 Å². The second kappa shape index (κ2) is 6.20. The van der Waals surface area contributed by atoms with Crippen LogP contribution in [0.3, 0.4) is 0 Å². The molecule has 1 fully saturated rings. The van der Waals surface area contributed by atoms with E-state index < -0.39 is 0 Å². The Hall–Kier alpha value is -1.65. The SMILES string of the molecule is CC1OCCC1CNCc1cnn(-c2ccccc2)c1. The molecule has 20 heavy (non-hydrogen) atoms. The van der Waals surface area contributed by atoms with Crippen LogP contribution in [0.25, 0.3) is 5.69 Å². The summed E-state index contributed by atoms with van der Waals surface area (Å²) in [7, 11) is 0. The molecule has 0 radical (unpaired) electrons. The van der Waals surface area contributed by atoms with Gasteiger partial charge in [0, 0.05) is 31.5 Å². The van der Waals surface area contributed by atoms with Gasteiger partial charge in [0.25, 0.3) is 0 Å². The maximum absolute atomic E-state index is 5.57. The molecule has 1 saturated heterocycles. The molecular weight excluding hydrogens is 250 g/mol. The molecule has 0 saturated carbocycles. The molecule has 0 aliphatic carbocycles. The Morgan fingerprint density at radius 2 is 2.20 bits per heavy atom. The number of hydrogen-bond donors (Lipinski definition) is 1. The van der Waals surface area contributed by atoms with Crippen molar-refractivity contribution in [2.24, 2.45) is 5.92 Å². The molecule has 0 spiro atoms. The van der Waals surface area contributed by atoms with Gasteiger partial charge in [0.2, 0.25) is 0 Å². The zero-order valence-electron chi connectivity index (χ0n) is 11.8. The van der Waals surface area contributed by atoms with Crippen molar-refractivity contribution in [1.29, 1.82) is 0 Å². The molecule has 0 amide bonds. The van der Waals surface area contributed by atoms with Crippen LogP contribution >= 0.6 is 0 Å². The van der Waals surface area contributed by atoms with Crippen LogP contribution in [0.1, 0.15) is 18.9 Å². The molecule has 1 aromatic heterocycles. The Kier molecular flexibility index (Phi) is 4.14. The lowest BCUT2D eigenvalue weighted by Gasteiger charge is -2.14. The summed E-state index contributed by atoms with van der Waals surface area (Å²) in [6, 6.07) is 10.2. The normalized spacial score (nSPS) is 22.2. The summed E-state index contributed by atoms with van der Waals surface area (Å²) in [6.07, 6.45) is 5.55. The number of benzene rings is 1. The van der Waals surface area contributed by atoms with Crippen LogP contribution in [-0.4, -0.2) is 29.0 Å². The van der Waals surface area contributed by atoms with E-state index in [4.69, 9.17) is 4.74 Å². The minimum absolute atomic E-state index is 0.384. The number of nitrogens with zero attached hydrogens (tertiary/aromatic N) is 2. The molecule has 2 aromatic rings. The standard InChI is InChI=1S/C16H21N3O/c1-13-15(7-8-20-13)11-17-9-14-10-18-19(12-14)16-5-3-2-4-6-16/h2-6,10,12-13,15,17H,7-9,11H2,1H3. The Morgan fingerprint density at radius 1 is 1.35 bits per heavy atom. The second-order valence-electron chi connectivity index (χ2n) is 5.38. The van der Waals surface area contributed by atoms with Gasteiger partial charge in [0.1, 0.15) is 0 Å². The van der Waals surface area contributed by atoms with Gasteiger partial charge in [0.05, 0.1) is 18.0 Å². The maximum Gasteiger partial charge on any atom is 0.0645 e. The summed E-state index contributed by atoms with van der Waals surface area (Å²) < 4.78 is 7.49. The van der Waals surface area contributed by atoms with E-state index in [-0.39, 0.29) is 0 Å². The first kappa shape index (κ1) is 13.3. The Morgan fingerprint density at radius 3 is 2.95 bits per heavy atom. The van der Waals surface area contributed by atoms with Crippen molar-refractivity contribution in [3.63, 3.8) is 0 Å². The number of para-hydroxylation sites is 1. The van der Waals surface area contributed by atoms with Crippen molar-refractivity contribution < 1.29 is 4.74 Å². The van der Waals surface area contributed by atoms with E-state index >= 15 is 0 Å². The van der Waals surface area contributed by atoms with E-state index in [0.29, 0.717) is 12.0 Å². The van der Waals surface area contributed by atoms with Gasteiger partial charge in [-0.15, -0.1) is 0 Å². The largest absolute Gasteiger partial charge is 0.378 e. The fourth-order valence-electron chi connectivity index (χ4n) is 2.62. The lowest BCUT2D eigenvalue weighted by atomic mass is 10.0. The van der Waals surface area contributed by atoms with E-state index in [9.17, 15) is 0 Å². The number of aromatic nitrogens is 2. The molecule has 2 heterocycles. The first-order valence-electron chi connectivity index (χ1n) is 7.24. The fraction of sp³-hybridized carbons (Fsp3) is 0.438. The molecule has 1 N–H and O–H groups in total. The summed E-state index contributed by atoms with van der Waals surface area (Å²) in [6.45, 7) is 4.93. The molecule has 2 atom stereocenters. The van der Waals surface area contributed by atoms with E-state index in [2.05, 4.69) is 35.7 Å².